The quantitative estimate of drug-likeness (QED) is 0.794. The SMILES string of the molecule is CNCC1CCCN(C(=O)C(C)CSC)C1. The first-order valence-corrected chi connectivity index (χ1v) is 7.50. The Bertz CT molecular complexity index is 221. The van der Waals surface area contributed by atoms with Crippen molar-refractivity contribution in [2.24, 2.45) is 11.8 Å². The van der Waals surface area contributed by atoms with Gasteiger partial charge in [-0.3, -0.25) is 4.79 Å². The number of nitrogens with one attached hydrogen (secondary N) is 1. The third-order valence-electron chi connectivity index (χ3n) is 3.16. The van der Waals surface area contributed by atoms with Crippen LogP contribution in [0.25, 0.3) is 0 Å². The second-order valence-electron chi connectivity index (χ2n) is 4.71. The van der Waals surface area contributed by atoms with E-state index in [1.54, 1.807) is 11.8 Å². The molecule has 1 fully saturated rings. The highest BCUT2D eigenvalue weighted by atomic mass is 32.2. The van der Waals surface area contributed by atoms with Gasteiger partial charge < -0.3 is 10.2 Å². The number of carbonyl (C=O) groups excluding carboxylic acids is 1. The van der Waals surface area contributed by atoms with Gasteiger partial charge in [0.15, 0.2) is 0 Å². The Kier molecular flexibility index (Phi) is 6.21. The summed E-state index contributed by atoms with van der Waals surface area (Å²) < 4.78 is 0. The van der Waals surface area contributed by atoms with Crippen molar-refractivity contribution >= 4 is 17.7 Å². The van der Waals surface area contributed by atoms with Crippen molar-refractivity contribution in [3.05, 3.63) is 0 Å². The molecule has 2 unspecified atom stereocenters. The normalized spacial score (nSPS) is 23.2. The zero-order valence-corrected chi connectivity index (χ0v) is 11.5. The van der Waals surface area contributed by atoms with Crippen LogP contribution < -0.4 is 5.32 Å². The molecule has 1 heterocycles. The van der Waals surface area contributed by atoms with E-state index in [0.29, 0.717) is 11.8 Å². The molecule has 0 aromatic carbocycles. The molecule has 1 amide bonds. The molecular formula is C12H24N2OS. The predicted octanol–water partition coefficient (Wildman–Crippen LogP) is 1.44. The van der Waals surface area contributed by atoms with Crippen LogP contribution in [0.4, 0.5) is 0 Å². The van der Waals surface area contributed by atoms with Crippen LogP contribution in [0.1, 0.15) is 19.8 Å². The summed E-state index contributed by atoms with van der Waals surface area (Å²) in [7, 11) is 1.98. The molecule has 1 aliphatic rings. The summed E-state index contributed by atoms with van der Waals surface area (Å²) in [5.74, 6) is 2.09. The second kappa shape index (κ2) is 7.17. The van der Waals surface area contributed by atoms with Crippen LogP contribution in [0.5, 0.6) is 0 Å². The van der Waals surface area contributed by atoms with Crippen molar-refractivity contribution < 1.29 is 4.79 Å². The van der Waals surface area contributed by atoms with Gasteiger partial charge in [-0.05, 0) is 38.6 Å². The minimum absolute atomic E-state index is 0.170. The monoisotopic (exact) mass is 244 g/mol. The lowest BCUT2D eigenvalue weighted by Crippen LogP contribution is -2.44. The number of piperidine rings is 1. The lowest BCUT2D eigenvalue weighted by molar-refractivity contribution is -0.136. The van der Waals surface area contributed by atoms with Crippen LogP contribution in [0.3, 0.4) is 0 Å². The van der Waals surface area contributed by atoms with Gasteiger partial charge in [0.05, 0.1) is 0 Å². The van der Waals surface area contributed by atoms with Crippen molar-refractivity contribution in [1.82, 2.24) is 10.2 Å². The van der Waals surface area contributed by atoms with Crippen molar-refractivity contribution in [1.29, 1.82) is 0 Å². The number of likely N-dealkylation sites (tertiary alicyclic amines) is 1. The largest absolute Gasteiger partial charge is 0.342 e. The Morgan fingerprint density at radius 2 is 2.38 bits per heavy atom. The van der Waals surface area contributed by atoms with Crippen LogP contribution in [-0.4, -0.2) is 49.5 Å². The molecule has 0 aromatic heterocycles. The standard InChI is InChI=1S/C12H24N2OS/c1-10(9-16-3)12(15)14-6-4-5-11(8-14)7-13-2/h10-11,13H,4-9H2,1-3H3. The summed E-state index contributed by atoms with van der Waals surface area (Å²) in [4.78, 5) is 14.2. The lowest BCUT2D eigenvalue weighted by Gasteiger charge is -2.34. The Morgan fingerprint density at radius 1 is 1.62 bits per heavy atom. The first-order chi connectivity index (χ1) is 7.69. The fourth-order valence-corrected chi connectivity index (χ4v) is 3.00. The number of hydrogen-bond acceptors (Lipinski definition) is 3. The smallest absolute Gasteiger partial charge is 0.226 e. The third kappa shape index (κ3) is 3.98. The Labute approximate surface area is 103 Å². The molecule has 1 N–H and O–H groups in total. The van der Waals surface area contributed by atoms with Crippen molar-refractivity contribution in [2.75, 3.05) is 38.7 Å². The Morgan fingerprint density at radius 3 is 3.00 bits per heavy atom. The van der Waals surface area contributed by atoms with Gasteiger partial charge in [-0.15, -0.1) is 0 Å². The average Bonchev–Trinajstić information content (AvgIpc) is 2.29. The zero-order valence-electron chi connectivity index (χ0n) is 10.7. The molecular weight excluding hydrogens is 220 g/mol. The Hall–Kier alpha value is -0.220. The van der Waals surface area contributed by atoms with Gasteiger partial charge in [-0.25, -0.2) is 0 Å². The van der Waals surface area contributed by atoms with Crippen molar-refractivity contribution in [3.63, 3.8) is 0 Å². The minimum atomic E-state index is 0.170. The molecule has 0 spiro atoms. The van der Waals surface area contributed by atoms with Gasteiger partial charge in [-0.2, -0.15) is 11.8 Å². The summed E-state index contributed by atoms with van der Waals surface area (Å²) in [5.41, 5.74) is 0. The topological polar surface area (TPSA) is 32.3 Å². The van der Waals surface area contributed by atoms with Crippen LogP contribution in [0.2, 0.25) is 0 Å². The van der Waals surface area contributed by atoms with Gasteiger partial charge in [0.25, 0.3) is 0 Å². The van der Waals surface area contributed by atoms with Crippen molar-refractivity contribution in [3.8, 4) is 0 Å². The summed E-state index contributed by atoms with van der Waals surface area (Å²) in [6, 6.07) is 0. The first-order valence-electron chi connectivity index (χ1n) is 6.11. The number of thioether (sulfide) groups is 1. The van der Waals surface area contributed by atoms with E-state index in [9.17, 15) is 4.79 Å². The molecule has 0 aromatic rings. The summed E-state index contributed by atoms with van der Waals surface area (Å²) >= 11 is 1.75. The molecule has 0 radical (unpaired) electrons. The number of amides is 1. The predicted molar refractivity (Wildman–Crippen MR) is 70.8 cm³/mol. The van der Waals surface area contributed by atoms with Gasteiger partial charge >= 0.3 is 0 Å². The molecule has 1 aliphatic heterocycles. The number of nitrogens with zero attached hydrogens (tertiary/aromatic N) is 1. The molecule has 1 saturated heterocycles. The zero-order chi connectivity index (χ0) is 12.0. The highest BCUT2D eigenvalue weighted by Gasteiger charge is 2.25. The van der Waals surface area contributed by atoms with E-state index in [4.69, 9.17) is 0 Å². The van der Waals surface area contributed by atoms with Crippen LogP contribution in [-0.2, 0) is 4.79 Å². The molecule has 94 valence electrons. The average molecular weight is 244 g/mol. The van der Waals surface area contributed by atoms with Crippen LogP contribution in [0.15, 0.2) is 0 Å². The molecule has 3 nitrogen and oxygen atoms in total. The third-order valence-corrected chi connectivity index (χ3v) is 4.00. The van der Waals surface area contributed by atoms with E-state index in [0.717, 1.165) is 31.8 Å². The fraction of sp³-hybridized carbons (Fsp3) is 0.917. The lowest BCUT2D eigenvalue weighted by atomic mass is 9.97. The maximum Gasteiger partial charge on any atom is 0.226 e. The maximum atomic E-state index is 12.1. The number of hydrogen-bond donors (Lipinski definition) is 1. The summed E-state index contributed by atoms with van der Waals surface area (Å²) in [6.45, 7) is 4.97. The van der Waals surface area contributed by atoms with Gasteiger partial charge in [0.2, 0.25) is 5.91 Å². The first kappa shape index (κ1) is 13.8. The highest BCUT2D eigenvalue weighted by Crippen LogP contribution is 2.18. The van der Waals surface area contributed by atoms with E-state index in [1.807, 2.05) is 14.0 Å². The van der Waals surface area contributed by atoms with Crippen LogP contribution in [0, 0.1) is 11.8 Å². The van der Waals surface area contributed by atoms with E-state index in [2.05, 4.69) is 16.5 Å². The molecule has 16 heavy (non-hydrogen) atoms. The van der Waals surface area contributed by atoms with Crippen LogP contribution >= 0.6 is 11.8 Å². The van der Waals surface area contributed by atoms with Gasteiger partial charge in [0, 0.05) is 24.8 Å². The summed E-state index contributed by atoms with van der Waals surface area (Å²) in [5, 5.41) is 3.21. The highest BCUT2D eigenvalue weighted by molar-refractivity contribution is 7.98. The molecule has 2 atom stereocenters. The van der Waals surface area contributed by atoms with Crippen molar-refractivity contribution in [2.45, 2.75) is 19.8 Å². The maximum absolute atomic E-state index is 12.1. The molecule has 0 bridgehead atoms. The van der Waals surface area contributed by atoms with E-state index in [1.165, 1.54) is 6.42 Å². The van der Waals surface area contributed by atoms with E-state index in [-0.39, 0.29) is 5.92 Å². The molecule has 1 rings (SSSR count). The molecule has 0 aliphatic carbocycles. The summed E-state index contributed by atoms with van der Waals surface area (Å²) in [6.07, 6.45) is 4.47. The number of rotatable bonds is 5. The van der Waals surface area contributed by atoms with Gasteiger partial charge in [0.1, 0.15) is 0 Å². The number of carbonyl (C=O) groups is 1. The Balaban J connectivity index is 2.43. The minimum Gasteiger partial charge on any atom is -0.342 e. The molecule has 4 heteroatoms. The van der Waals surface area contributed by atoms with E-state index >= 15 is 0 Å². The fourth-order valence-electron chi connectivity index (χ4n) is 2.35. The molecule has 0 saturated carbocycles. The van der Waals surface area contributed by atoms with Gasteiger partial charge in [-0.1, -0.05) is 6.92 Å². The second-order valence-corrected chi connectivity index (χ2v) is 5.62. The van der Waals surface area contributed by atoms with E-state index < -0.39 is 0 Å².